The van der Waals surface area contributed by atoms with Crippen molar-refractivity contribution in [2.75, 3.05) is 0 Å². The summed E-state index contributed by atoms with van der Waals surface area (Å²) in [4.78, 5) is 0. The quantitative estimate of drug-likeness (QED) is 0.172. The van der Waals surface area contributed by atoms with Gasteiger partial charge in [0.05, 0.1) is 0 Å². The van der Waals surface area contributed by atoms with Crippen molar-refractivity contribution < 1.29 is 0 Å². The van der Waals surface area contributed by atoms with Crippen LogP contribution in [-0.4, -0.2) is 0 Å². The van der Waals surface area contributed by atoms with E-state index in [-0.39, 0.29) is 0 Å². The largest absolute Gasteiger partial charge is 0.0616 e. The molecule has 0 atom stereocenters. The number of hydrogen-bond donors (Lipinski definition) is 0. The number of fused-ring (bicyclic) bond motifs is 9. The van der Waals surface area contributed by atoms with Gasteiger partial charge in [0.25, 0.3) is 0 Å². The van der Waals surface area contributed by atoms with Gasteiger partial charge in [-0.1, -0.05) is 48.5 Å². The van der Waals surface area contributed by atoms with Gasteiger partial charge in [-0.2, -0.15) is 0 Å². The molecular formula is C42H23. The molecule has 0 unspecified atom stereocenters. The van der Waals surface area contributed by atoms with Crippen LogP contribution in [0.2, 0.25) is 0 Å². The minimum absolute atomic E-state index is 1.16. The van der Waals surface area contributed by atoms with E-state index in [1.807, 2.05) is 0 Å². The van der Waals surface area contributed by atoms with Gasteiger partial charge in [0, 0.05) is 0 Å². The Morgan fingerprint density at radius 3 is 0.738 bits per heavy atom. The molecule has 0 amide bonds. The standard InChI is InChI=1S/C42H23/c1-2-6-26-10-30-14-34-18-38-22-42-24-40-20-36-16-32-12-28-8-4-3-7-27(28)11-31(32)15-35(36)19-39(40)23-41(42)21-37(38)17-33(34)13-29(30)9-25(26)5-1/h1-23H. The molecule has 0 heterocycles. The highest BCUT2D eigenvalue weighted by Crippen LogP contribution is 2.35. The van der Waals surface area contributed by atoms with E-state index in [4.69, 9.17) is 0 Å². The molecular weight excluding hydrogens is 504 g/mol. The van der Waals surface area contributed by atoms with Crippen molar-refractivity contribution in [1.82, 2.24) is 0 Å². The summed E-state index contributed by atoms with van der Waals surface area (Å²) in [7, 11) is 0. The van der Waals surface area contributed by atoms with Crippen molar-refractivity contribution in [2.45, 2.75) is 0 Å². The summed E-state index contributed by atoms with van der Waals surface area (Å²) in [6, 6.07) is 55.9. The molecule has 0 N–H and O–H groups in total. The summed E-state index contributed by atoms with van der Waals surface area (Å²) >= 11 is 0. The van der Waals surface area contributed by atoms with Gasteiger partial charge in [0.1, 0.15) is 0 Å². The van der Waals surface area contributed by atoms with Crippen LogP contribution in [0.3, 0.4) is 0 Å². The molecule has 0 aliphatic carbocycles. The van der Waals surface area contributed by atoms with Crippen LogP contribution in [0.25, 0.3) is 97.0 Å². The fourth-order valence-electron chi connectivity index (χ4n) is 7.04. The van der Waals surface area contributed by atoms with Crippen LogP contribution in [0.15, 0.2) is 140 Å². The Hall–Kier alpha value is -5.46. The Bertz CT molecular complexity index is 2400. The third kappa shape index (κ3) is 3.30. The molecule has 42 heavy (non-hydrogen) atoms. The Balaban J connectivity index is 1.18. The SMILES string of the molecule is [c]1c2cc3cc4cc5ccccc5cc4cc3cc2cc2cc3cc4cc5cc6ccccc6cc5cc4cc3cc12. The maximum absolute atomic E-state index is 3.77. The fourth-order valence-corrected chi connectivity index (χ4v) is 7.04. The smallest absolute Gasteiger partial charge is 0.00139 e. The van der Waals surface area contributed by atoms with E-state index >= 15 is 0 Å². The molecule has 10 rings (SSSR count). The molecule has 191 valence electrons. The molecule has 0 spiro atoms. The first-order chi connectivity index (χ1) is 20.7. The molecule has 0 nitrogen and oxygen atoms in total. The van der Waals surface area contributed by atoms with E-state index < -0.39 is 0 Å². The molecule has 0 heteroatoms. The molecule has 0 aliphatic heterocycles. The lowest BCUT2D eigenvalue weighted by Gasteiger charge is -2.10. The molecule has 0 saturated heterocycles. The Labute approximate surface area is 242 Å². The summed E-state index contributed by atoms with van der Waals surface area (Å²) in [5, 5.41) is 22.6. The molecule has 10 aromatic carbocycles. The third-order valence-electron chi connectivity index (χ3n) is 9.19. The average molecular weight is 528 g/mol. The fraction of sp³-hybridized carbons (Fsp3) is 0. The molecule has 0 aliphatic rings. The summed E-state index contributed by atoms with van der Waals surface area (Å²) in [5.41, 5.74) is 0. The van der Waals surface area contributed by atoms with E-state index in [2.05, 4.69) is 146 Å². The van der Waals surface area contributed by atoms with Gasteiger partial charge >= 0.3 is 0 Å². The van der Waals surface area contributed by atoms with Crippen molar-refractivity contribution in [2.24, 2.45) is 0 Å². The number of rotatable bonds is 0. The maximum atomic E-state index is 3.77. The summed E-state index contributed by atoms with van der Waals surface area (Å²) < 4.78 is 0. The zero-order valence-electron chi connectivity index (χ0n) is 22.8. The van der Waals surface area contributed by atoms with Gasteiger partial charge in [-0.25, -0.2) is 0 Å². The Morgan fingerprint density at radius 2 is 0.429 bits per heavy atom. The van der Waals surface area contributed by atoms with Crippen LogP contribution in [0.4, 0.5) is 0 Å². The van der Waals surface area contributed by atoms with Crippen LogP contribution >= 0.6 is 0 Å². The first-order valence-electron chi connectivity index (χ1n) is 14.6. The number of benzene rings is 10. The third-order valence-corrected chi connectivity index (χ3v) is 9.19. The molecule has 0 saturated carbocycles. The predicted molar refractivity (Wildman–Crippen MR) is 183 cm³/mol. The number of hydrogen-bond acceptors (Lipinski definition) is 0. The van der Waals surface area contributed by atoms with Crippen molar-refractivity contribution in [3.05, 3.63) is 146 Å². The minimum atomic E-state index is 1.16. The summed E-state index contributed by atoms with van der Waals surface area (Å²) in [6.07, 6.45) is 0. The lowest BCUT2D eigenvalue weighted by Crippen LogP contribution is -1.84. The molecule has 0 aromatic heterocycles. The van der Waals surface area contributed by atoms with Crippen LogP contribution in [-0.2, 0) is 0 Å². The van der Waals surface area contributed by atoms with Crippen LogP contribution in [0.1, 0.15) is 0 Å². The van der Waals surface area contributed by atoms with Crippen LogP contribution in [0, 0.1) is 6.07 Å². The van der Waals surface area contributed by atoms with Crippen molar-refractivity contribution in [1.29, 1.82) is 0 Å². The highest BCUT2D eigenvalue weighted by molar-refractivity contribution is 6.13. The van der Waals surface area contributed by atoms with E-state index in [1.165, 1.54) is 86.2 Å². The van der Waals surface area contributed by atoms with E-state index in [1.54, 1.807) is 0 Å². The first-order valence-corrected chi connectivity index (χ1v) is 14.6. The lowest BCUT2D eigenvalue weighted by molar-refractivity contribution is 1.78. The second kappa shape index (κ2) is 8.06. The van der Waals surface area contributed by atoms with Crippen molar-refractivity contribution >= 4 is 97.0 Å². The minimum Gasteiger partial charge on any atom is -0.0616 e. The zero-order valence-corrected chi connectivity index (χ0v) is 22.8. The van der Waals surface area contributed by atoms with E-state index in [9.17, 15) is 0 Å². The Kier molecular flexibility index (Phi) is 4.27. The Morgan fingerprint density at radius 1 is 0.214 bits per heavy atom. The highest BCUT2D eigenvalue weighted by atomic mass is 14.1. The zero-order chi connectivity index (χ0) is 27.4. The topological polar surface area (TPSA) is 0 Å². The normalized spacial score (nSPS) is 12.3. The van der Waals surface area contributed by atoms with Gasteiger partial charge < -0.3 is 0 Å². The molecule has 10 aromatic rings. The van der Waals surface area contributed by atoms with E-state index in [0.29, 0.717) is 0 Å². The van der Waals surface area contributed by atoms with Gasteiger partial charge in [0.15, 0.2) is 0 Å². The molecule has 0 bridgehead atoms. The van der Waals surface area contributed by atoms with Gasteiger partial charge in [-0.3, -0.25) is 0 Å². The molecule has 0 fully saturated rings. The average Bonchev–Trinajstić information content (AvgIpc) is 3.00. The molecule has 1 radical (unpaired) electrons. The second-order valence-corrected chi connectivity index (χ2v) is 11.8. The van der Waals surface area contributed by atoms with E-state index in [0.717, 1.165) is 10.8 Å². The van der Waals surface area contributed by atoms with Crippen molar-refractivity contribution in [3.8, 4) is 0 Å². The van der Waals surface area contributed by atoms with Crippen LogP contribution < -0.4 is 0 Å². The summed E-state index contributed by atoms with van der Waals surface area (Å²) in [6.45, 7) is 0. The lowest BCUT2D eigenvalue weighted by atomic mass is 9.94. The monoisotopic (exact) mass is 527 g/mol. The van der Waals surface area contributed by atoms with Gasteiger partial charge in [-0.05, 0) is 194 Å². The maximum Gasteiger partial charge on any atom is -0.00139 e. The highest BCUT2D eigenvalue weighted by Gasteiger charge is 2.08. The summed E-state index contributed by atoms with van der Waals surface area (Å²) in [5.74, 6) is 0. The predicted octanol–water partition coefficient (Wildman–Crippen LogP) is 11.9. The second-order valence-electron chi connectivity index (χ2n) is 11.8. The van der Waals surface area contributed by atoms with Gasteiger partial charge in [-0.15, -0.1) is 0 Å². The van der Waals surface area contributed by atoms with Crippen molar-refractivity contribution in [3.63, 3.8) is 0 Å². The van der Waals surface area contributed by atoms with Gasteiger partial charge in [0.2, 0.25) is 0 Å². The van der Waals surface area contributed by atoms with Crippen LogP contribution in [0.5, 0.6) is 0 Å². The first kappa shape index (κ1) is 22.3.